The van der Waals surface area contributed by atoms with Gasteiger partial charge >= 0.3 is 0 Å². The highest BCUT2D eigenvalue weighted by Crippen LogP contribution is 2.24. The molecule has 5 heteroatoms. The van der Waals surface area contributed by atoms with Crippen LogP contribution in [0.15, 0.2) is 22.7 Å². The van der Waals surface area contributed by atoms with Crippen LogP contribution >= 0.6 is 15.9 Å². The molecule has 17 heavy (non-hydrogen) atoms. The molecule has 1 rings (SSSR count). The molecule has 0 fully saturated rings. The fraction of sp³-hybridized carbons (Fsp3) is 0.417. The Morgan fingerprint density at radius 2 is 2.12 bits per heavy atom. The Bertz CT molecular complexity index is 395. The average molecular weight is 300 g/mol. The van der Waals surface area contributed by atoms with Gasteiger partial charge < -0.3 is 15.5 Å². The van der Waals surface area contributed by atoms with E-state index >= 15 is 0 Å². The molecule has 94 valence electrons. The van der Waals surface area contributed by atoms with Gasteiger partial charge in [0, 0.05) is 30.8 Å². The van der Waals surface area contributed by atoms with Crippen LogP contribution < -0.4 is 15.5 Å². The fourth-order valence-corrected chi connectivity index (χ4v) is 1.96. The summed E-state index contributed by atoms with van der Waals surface area (Å²) < 4.78 is 1.01. The van der Waals surface area contributed by atoms with Crippen LogP contribution in [-0.4, -0.2) is 33.6 Å². The number of rotatable bonds is 5. The molecule has 2 N–H and O–H groups in total. The van der Waals surface area contributed by atoms with Gasteiger partial charge in [-0.2, -0.15) is 0 Å². The van der Waals surface area contributed by atoms with E-state index in [0.29, 0.717) is 6.54 Å². The molecule has 1 aromatic carbocycles. The van der Waals surface area contributed by atoms with Crippen LogP contribution in [0.3, 0.4) is 0 Å². The van der Waals surface area contributed by atoms with Gasteiger partial charge in [-0.25, -0.2) is 0 Å². The SMILES string of the molecule is CNCc1ccc(Br)cc1N(C)CC(=O)NC. The Labute approximate surface area is 111 Å². The van der Waals surface area contributed by atoms with Crippen molar-refractivity contribution in [3.05, 3.63) is 28.2 Å². The Hall–Kier alpha value is -1.07. The first-order valence-electron chi connectivity index (χ1n) is 5.43. The first-order valence-corrected chi connectivity index (χ1v) is 6.22. The van der Waals surface area contributed by atoms with E-state index in [2.05, 4.69) is 32.6 Å². The zero-order valence-corrected chi connectivity index (χ0v) is 12.0. The zero-order valence-electron chi connectivity index (χ0n) is 10.4. The summed E-state index contributed by atoms with van der Waals surface area (Å²) in [6.07, 6.45) is 0. The fourth-order valence-electron chi connectivity index (χ4n) is 1.61. The second-order valence-electron chi connectivity index (χ2n) is 3.83. The molecule has 0 aliphatic rings. The number of carbonyl (C=O) groups excluding carboxylic acids is 1. The van der Waals surface area contributed by atoms with Gasteiger partial charge in [0.1, 0.15) is 0 Å². The number of hydrogen-bond acceptors (Lipinski definition) is 3. The lowest BCUT2D eigenvalue weighted by molar-refractivity contribution is -0.119. The maximum Gasteiger partial charge on any atom is 0.239 e. The van der Waals surface area contributed by atoms with E-state index in [-0.39, 0.29) is 5.91 Å². The molecule has 0 aliphatic carbocycles. The molecule has 1 amide bonds. The Morgan fingerprint density at radius 3 is 2.71 bits per heavy atom. The first-order chi connectivity index (χ1) is 8.08. The van der Waals surface area contributed by atoms with Crippen molar-refractivity contribution >= 4 is 27.5 Å². The van der Waals surface area contributed by atoms with E-state index < -0.39 is 0 Å². The quantitative estimate of drug-likeness (QED) is 0.863. The summed E-state index contributed by atoms with van der Waals surface area (Å²) in [5, 5.41) is 5.75. The topological polar surface area (TPSA) is 44.4 Å². The summed E-state index contributed by atoms with van der Waals surface area (Å²) >= 11 is 3.45. The minimum Gasteiger partial charge on any atom is -0.365 e. The summed E-state index contributed by atoms with van der Waals surface area (Å²) in [5.74, 6) is 0.00267. The highest BCUT2D eigenvalue weighted by Gasteiger charge is 2.10. The molecule has 0 saturated carbocycles. The number of hydrogen-bond donors (Lipinski definition) is 2. The van der Waals surface area contributed by atoms with Crippen molar-refractivity contribution in [2.45, 2.75) is 6.54 Å². The number of benzene rings is 1. The van der Waals surface area contributed by atoms with E-state index in [9.17, 15) is 4.79 Å². The third kappa shape index (κ3) is 4.02. The molecule has 0 bridgehead atoms. The normalized spacial score (nSPS) is 10.1. The van der Waals surface area contributed by atoms with Gasteiger partial charge in [-0.15, -0.1) is 0 Å². The zero-order chi connectivity index (χ0) is 12.8. The largest absolute Gasteiger partial charge is 0.365 e. The molecular formula is C12H18BrN3O. The molecule has 0 aromatic heterocycles. The molecule has 1 aromatic rings. The number of halogens is 1. The number of likely N-dealkylation sites (N-methyl/N-ethyl adjacent to an activating group) is 2. The number of anilines is 1. The van der Waals surface area contributed by atoms with E-state index in [1.54, 1.807) is 7.05 Å². The maximum atomic E-state index is 11.4. The Kier molecular flexibility index (Phi) is 5.44. The summed E-state index contributed by atoms with van der Waals surface area (Å²) in [5.41, 5.74) is 2.22. The van der Waals surface area contributed by atoms with E-state index in [4.69, 9.17) is 0 Å². The van der Waals surface area contributed by atoms with Crippen LogP contribution in [0, 0.1) is 0 Å². The molecule has 0 spiro atoms. The minimum atomic E-state index is 0.00267. The van der Waals surface area contributed by atoms with Crippen LogP contribution in [-0.2, 0) is 11.3 Å². The van der Waals surface area contributed by atoms with Crippen molar-refractivity contribution in [2.24, 2.45) is 0 Å². The molecule has 0 atom stereocenters. The minimum absolute atomic E-state index is 0.00267. The summed E-state index contributed by atoms with van der Waals surface area (Å²) in [4.78, 5) is 13.3. The van der Waals surface area contributed by atoms with Crippen LogP contribution in [0.4, 0.5) is 5.69 Å². The number of nitrogens with zero attached hydrogens (tertiary/aromatic N) is 1. The summed E-state index contributed by atoms with van der Waals surface area (Å²) in [7, 11) is 5.46. The van der Waals surface area contributed by atoms with Crippen molar-refractivity contribution in [3.63, 3.8) is 0 Å². The van der Waals surface area contributed by atoms with Gasteiger partial charge in [-0.1, -0.05) is 22.0 Å². The van der Waals surface area contributed by atoms with Crippen LogP contribution in [0.2, 0.25) is 0 Å². The molecular weight excluding hydrogens is 282 g/mol. The lowest BCUT2D eigenvalue weighted by atomic mass is 10.1. The number of amides is 1. The maximum absolute atomic E-state index is 11.4. The Morgan fingerprint density at radius 1 is 1.41 bits per heavy atom. The molecule has 4 nitrogen and oxygen atoms in total. The number of nitrogens with one attached hydrogen (secondary N) is 2. The predicted molar refractivity (Wildman–Crippen MR) is 74.2 cm³/mol. The lowest BCUT2D eigenvalue weighted by Gasteiger charge is -2.22. The summed E-state index contributed by atoms with van der Waals surface area (Å²) in [6, 6.07) is 6.08. The molecule has 0 heterocycles. The van der Waals surface area contributed by atoms with Crippen molar-refractivity contribution in [1.82, 2.24) is 10.6 Å². The third-order valence-electron chi connectivity index (χ3n) is 2.49. The first kappa shape index (κ1) is 14.0. The number of carbonyl (C=O) groups is 1. The standard InChI is InChI=1S/C12H18BrN3O/c1-14-7-9-4-5-10(13)6-11(9)16(3)8-12(17)15-2/h4-6,14H,7-8H2,1-3H3,(H,15,17). The highest BCUT2D eigenvalue weighted by molar-refractivity contribution is 9.10. The van der Waals surface area contributed by atoms with E-state index in [1.807, 2.05) is 31.1 Å². The highest BCUT2D eigenvalue weighted by atomic mass is 79.9. The average Bonchev–Trinajstić information content (AvgIpc) is 2.31. The van der Waals surface area contributed by atoms with Crippen LogP contribution in [0.1, 0.15) is 5.56 Å². The van der Waals surface area contributed by atoms with Gasteiger partial charge in [0.25, 0.3) is 0 Å². The van der Waals surface area contributed by atoms with Gasteiger partial charge in [0.05, 0.1) is 6.54 Å². The van der Waals surface area contributed by atoms with Crippen molar-refractivity contribution in [2.75, 3.05) is 32.6 Å². The van der Waals surface area contributed by atoms with Crippen molar-refractivity contribution in [3.8, 4) is 0 Å². The second-order valence-corrected chi connectivity index (χ2v) is 4.75. The lowest BCUT2D eigenvalue weighted by Crippen LogP contribution is -2.33. The summed E-state index contributed by atoms with van der Waals surface area (Å²) in [6.45, 7) is 1.13. The molecule has 0 unspecified atom stereocenters. The Balaban J connectivity index is 2.93. The molecule has 0 aliphatic heterocycles. The second kappa shape index (κ2) is 6.61. The van der Waals surface area contributed by atoms with E-state index in [1.165, 1.54) is 5.56 Å². The third-order valence-corrected chi connectivity index (χ3v) is 2.98. The van der Waals surface area contributed by atoms with Crippen molar-refractivity contribution < 1.29 is 4.79 Å². The smallest absolute Gasteiger partial charge is 0.239 e. The van der Waals surface area contributed by atoms with Gasteiger partial charge in [-0.05, 0) is 24.7 Å². The monoisotopic (exact) mass is 299 g/mol. The van der Waals surface area contributed by atoms with Gasteiger partial charge in [0.2, 0.25) is 5.91 Å². The van der Waals surface area contributed by atoms with Crippen molar-refractivity contribution in [1.29, 1.82) is 0 Å². The predicted octanol–water partition coefficient (Wildman–Crippen LogP) is 1.35. The van der Waals surface area contributed by atoms with Crippen LogP contribution in [0.5, 0.6) is 0 Å². The van der Waals surface area contributed by atoms with Gasteiger partial charge in [0.15, 0.2) is 0 Å². The van der Waals surface area contributed by atoms with Crippen LogP contribution in [0.25, 0.3) is 0 Å². The molecule has 0 saturated heterocycles. The molecule has 0 radical (unpaired) electrons. The van der Waals surface area contributed by atoms with Gasteiger partial charge in [-0.3, -0.25) is 4.79 Å². The van der Waals surface area contributed by atoms with E-state index in [0.717, 1.165) is 16.7 Å².